The van der Waals surface area contributed by atoms with Crippen LogP contribution in [0.15, 0.2) is 24.3 Å². The van der Waals surface area contributed by atoms with Crippen molar-refractivity contribution in [2.75, 3.05) is 19.3 Å². The maximum atomic E-state index is 13.4. The van der Waals surface area contributed by atoms with Crippen molar-refractivity contribution in [1.82, 2.24) is 14.3 Å². The van der Waals surface area contributed by atoms with E-state index in [1.54, 1.807) is 32.9 Å². The van der Waals surface area contributed by atoms with Gasteiger partial charge in [0.25, 0.3) is 17.7 Å². The van der Waals surface area contributed by atoms with Gasteiger partial charge >= 0.3 is 5.97 Å². The zero-order valence-electron chi connectivity index (χ0n) is 17.8. The Morgan fingerprint density at radius 3 is 2.13 bits per heavy atom. The summed E-state index contributed by atoms with van der Waals surface area (Å²) in [7, 11) is -3.91. The molecule has 168 valence electrons. The molecule has 1 saturated heterocycles. The van der Waals surface area contributed by atoms with Gasteiger partial charge in [-0.2, -0.15) is 0 Å². The van der Waals surface area contributed by atoms with Gasteiger partial charge < -0.3 is 4.74 Å². The van der Waals surface area contributed by atoms with E-state index < -0.39 is 51.9 Å². The lowest BCUT2D eigenvalue weighted by atomic mass is 10.1. The third kappa shape index (κ3) is 4.62. The topological polar surface area (TPSA) is 121 Å². The van der Waals surface area contributed by atoms with E-state index in [2.05, 4.69) is 0 Å². The molecule has 0 aromatic heterocycles. The molecule has 11 heteroatoms. The van der Waals surface area contributed by atoms with Crippen LogP contribution in [-0.2, 0) is 24.3 Å². The van der Waals surface area contributed by atoms with Crippen LogP contribution in [-0.4, -0.2) is 77.4 Å². The molecule has 0 bridgehead atoms. The first-order chi connectivity index (χ1) is 14.3. The number of hydrogen-bond donors (Lipinski definition) is 0. The van der Waals surface area contributed by atoms with E-state index in [4.69, 9.17) is 4.74 Å². The van der Waals surface area contributed by atoms with E-state index in [1.165, 1.54) is 12.1 Å². The van der Waals surface area contributed by atoms with E-state index in [1.807, 2.05) is 0 Å². The van der Waals surface area contributed by atoms with E-state index >= 15 is 0 Å². The van der Waals surface area contributed by atoms with Crippen molar-refractivity contribution in [1.29, 1.82) is 0 Å². The Bertz CT molecular complexity index is 1010. The van der Waals surface area contributed by atoms with Crippen LogP contribution in [0.2, 0.25) is 0 Å². The first-order valence-electron chi connectivity index (χ1n) is 9.79. The molecule has 0 saturated carbocycles. The van der Waals surface area contributed by atoms with Crippen LogP contribution in [0.5, 0.6) is 0 Å². The summed E-state index contributed by atoms with van der Waals surface area (Å²) in [5.41, 5.74) is -0.476. The van der Waals surface area contributed by atoms with Gasteiger partial charge in [-0.05, 0) is 45.7 Å². The van der Waals surface area contributed by atoms with Crippen molar-refractivity contribution >= 4 is 33.7 Å². The molecule has 1 atom stereocenters. The van der Waals surface area contributed by atoms with Gasteiger partial charge in [-0.25, -0.2) is 13.4 Å². The summed E-state index contributed by atoms with van der Waals surface area (Å²) in [6.07, 6.45) is 1.20. The Kier molecular flexibility index (Phi) is 5.94. The summed E-state index contributed by atoms with van der Waals surface area (Å²) in [5.74, 6) is -2.88. The van der Waals surface area contributed by atoms with Crippen molar-refractivity contribution < 1.29 is 32.3 Å². The number of carbonyl (C=O) groups excluding carboxylic acids is 4. The molecule has 1 fully saturated rings. The number of imide groups is 1. The number of esters is 1. The summed E-state index contributed by atoms with van der Waals surface area (Å²) in [5, 5.41) is 0.768. The number of rotatable bonds is 4. The minimum absolute atomic E-state index is 0.0706. The van der Waals surface area contributed by atoms with Crippen LogP contribution in [0.1, 0.15) is 54.3 Å². The fourth-order valence-corrected chi connectivity index (χ4v) is 4.63. The lowest BCUT2D eigenvalue weighted by molar-refractivity contribution is -0.164. The van der Waals surface area contributed by atoms with E-state index in [0.717, 1.165) is 20.6 Å². The number of benzene rings is 1. The van der Waals surface area contributed by atoms with E-state index in [9.17, 15) is 27.6 Å². The third-order valence-electron chi connectivity index (χ3n) is 4.85. The molecule has 1 aromatic carbocycles. The van der Waals surface area contributed by atoms with Crippen LogP contribution in [0.4, 0.5) is 0 Å². The molecule has 1 unspecified atom stereocenters. The molecule has 1 aromatic rings. The van der Waals surface area contributed by atoms with Crippen LogP contribution in [0.3, 0.4) is 0 Å². The second-order valence-corrected chi connectivity index (χ2v) is 10.4. The highest BCUT2D eigenvalue weighted by molar-refractivity contribution is 7.88. The zero-order chi connectivity index (χ0) is 23.1. The van der Waals surface area contributed by atoms with Crippen LogP contribution in [0, 0.1) is 0 Å². The van der Waals surface area contributed by atoms with Crippen LogP contribution in [0.25, 0.3) is 0 Å². The monoisotopic (exact) mass is 451 g/mol. The summed E-state index contributed by atoms with van der Waals surface area (Å²) in [6.45, 7) is 4.19. The van der Waals surface area contributed by atoms with Crippen molar-refractivity contribution in [3.05, 3.63) is 35.4 Å². The summed E-state index contributed by atoms with van der Waals surface area (Å²) < 4.78 is 30.7. The molecule has 2 aliphatic heterocycles. The van der Waals surface area contributed by atoms with Gasteiger partial charge in [0.15, 0.2) is 0 Å². The summed E-state index contributed by atoms with van der Waals surface area (Å²) in [4.78, 5) is 52.4. The predicted octanol–water partition coefficient (Wildman–Crippen LogP) is 0.792. The molecule has 10 nitrogen and oxygen atoms in total. The van der Waals surface area contributed by atoms with Crippen molar-refractivity contribution in [2.45, 2.75) is 45.3 Å². The van der Waals surface area contributed by atoms with Crippen molar-refractivity contribution in [2.24, 2.45) is 0 Å². The Balaban J connectivity index is 1.96. The number of nitrogens with zero attached hydrogens (tertiary/aromatic N) is 3. The first-order valence-corrected chi connectivity index (χ1v) is 11.6. The Morgan fingerprint density at radius 1 is 1.10 bits per heavy atom. The maximum absolute atomic E-state index is 13.4. The lowest BCUT2D eigenvalue weighted by Gasteiger charge is -2.34. The van der Waals surface area contributed by atoms with Gasteiger partial charge in [-0.15, -0.1) is 4.41 Å². The largest absolute Gasteiger partial charge is 0.459 e. The molecular formula is C20H25N3O7S. The standard InChI is InChI=1S/C20H25N3O7S/c1-20(2,3)30-16(24)12-21-19(27)15(10-7-11-22(21)31(4,28)29)23-17(25)13-8-5-6-9-14(13)18(23)26/h5-6,8-9,15H,7,10-12H2,1-4H3. The fourth-order valence-electron chi connectivity index (χ4n) is 3.67. The predicted molar refractivity (Wildman–Crippen MR) is 109 cm³/mol. The molecule has 2 aliphatic rings. The highest BCUT2D eigenvalue weighted by Gasteiger charge is 2.47. The Morgan fingerprint density at radius 2 is 1.65 bits per heavy atom. The molecule has 3 amide bonds. The SMILES string of the molecule is CC(C)(C)OC(=O)CN1C(=O)C(N2C(=O)c3ccccc3C2=O)CCCN1S(C)(=O)=O. The van der Waals surface area contributed by atoms with Gasteiger partial charge in [-0.3, -0.25) is 24.1 Å². The number of hydrazine groups is 1. The second-order valence-electron chi connectivity index (χ2n) is 8.48. The van der Waals surface area contributed by atoms with Crippen molar-refractivity contribution in [3.8, 4) is 0 Å². The van der Waals surface area contributed by atoms with Crippen LogP contribution >= 0.6 is 0 Å². The number of amides is 3. The van der Waals surface area contributed by atoms with E-state index in [0.29, 0.717) is 0 Å². The molecule has 0 N–H and O–H groups in total. The Labute approximate surface area is 180 Å². The molecule has 0 spiro atoms. The minimum atomic E-state index is -3.91. The highest BCUT2D eigenvalue weighted by Crippen LogP contribution is 2.29. The van der Waals surface area contributed by atoms with Crippen molar-refractivity contribution in [3.63, 3.8) is 0 Å². The number of hydrogen-bond acceptors (Lipinski definition) is 7. The quantitative estimate of drug-likeness (QED) is 0.490. The van der Waals surface area contributed by atoms with Gasteiger partial charge in [0.05, 0.1) is 17.4 Å². The van der Waals surface area contributed by atoms with Gasteiger partial charge in [0.2, 0.25) is 10.0 Å². The molecule has 0 aliphatic carbocycles. The minimum Gasteiger partial charge on any atom is -0.459 e. The second kappa shape index (κ2) is 8.04. The number of fused-ring (bicyclic) bond motifs is 1. The summed E-state index contributed by atoms with van der Waals surface area (Å²) in [6, 6.07) is 4.99. The highest BCUT2D eigenvalue weighted by atomic mass is 32.2. The van der Waals surface area contributed by atoms with Crippen LogP contribution < -0.4 is 0 Å². The number of ether oxygens (including phenoxy) is 1. The van der Waals surface area contributed by atoms with Gasteiger partial charge in [0, 0.05) is 6.54 Å². The molecule has 31 heavy (non-hydrogen) atoms. The smallest absolute Gasteiger partial charge is 0.327 e. The maximum Gasteiger partial charge on any atom is 0.327 e. The van der Waals surface area contributed by atoms with E-state index in [-0.39, 0.29) is 30.5 Å². The van der Waals surface area contributed by atoms with Gasteiger partial charge in [-0.1, -0.05) is 12.1 Å². The molecular weight excluding hydrogens is 426 g/mol. The number of sulfonamides is 1. The summed E-state index contributed by atoms with van der Waals surface area (Å²) >= 11 is 0. The fraction of sp³-hybridized carbons (Fsp3) is 0.500. The third-order valence-corrected chi connectivity index (χ3v) is 6.00. The molecule has 2 heterocycles. The average Bonchev–Trinajstić information content (AvgIpc) is 2.78. The first kappa shape index (κ1) is 22.9. The molecule has 0 radical (unpaired) electrons. The van der Waals surface area contributed by atoms with Gasteiger partial charge in [0.1, 0.15) is 18.2 Å². The molecule has 3 rings (SSSR count). The number of carbonyl (C=O) groups is 4. The Hall–Kier alpha value is -2.79. The average molecular weight is 452 g/mol. The lowest BCUT2D eigenvalue weighted by Crippen LogP contribution is -2.57. The normalized spacial score (nSPS) is 20.6. The zero-order valence-corrected chi connectivity index (χ0v) is 18.6.